The highest BCUT2D eigenvalue weighted by Crippen LogP contribution is 2.20. The van der Waals surface area contributed by atoms with E-state index >= 15 is 0 Å². The molecular formula is C20H18IN3O3. The minimum absolute atomic E-state index is 0.129. The number of methoxy groups -OCH3 is 1. The molecule has 0 radical (unpaired) electrons. The van der Waals surface area contributed by atoms with Crippen molar-refractivity contribution in [2.24, 2.45) is 0 Å². The van der Waals surface area contributed by atoms with E-state index in [1.54, 1.807) is 25.3 Å². The van der Waals surface area contributed by atoms with Crippen molar-refractivity contribution in [3.05, 3.63) is 69.8 Å². The van der Waals surface area contributed by atoms with Crippen LogP contribution in [-0.4, -0.2) is 36.4 Å². The Balaban J connectivity index is 1.47. The molecule has 2 aromatic carbocycles. The average molecular weight is 475 g/mol. The van der Waals surface area contributed by atoms with Crippen LogP contribution in [0, 0.1) is 3.57 Å². The number of nitrogens with zero attached hydrogens (tertiary/aromatic N) is 2. The Kier molecular flexibility index (Phi) is 6.59. The van der Waals surface area contributed by atoms with Crippen LogP contribution in [0.25, 0.3) is 11.3 Å². The Bertz CT molecular complexity index is 882. The van der Waals surface area contributed by atoms with E-state index in [9.17, 15) is 4.79 Å². The molecule has 6 nitrogen and oxygen atoms in total. The van der Waals surface area contributed by atoms with E-state index in [0.717, 1.165) is 20.6 Å². The number of hydrogen-bond acceptors (Lipinski definition) is 5. The Hall–Kier alpha value is -2.68. The van der Waals surface area contributed by atoms with Gasteiger partial charge in [0.05, 0.1) is 19.3 Å². The first kappa shape index (κ1) is 19.1. The van der Waals surface area contributed by atoms with Crippen LogP contribution in [0.1, 0.15) is 10.4 Å². The largest absolute Gasteiger partial charge is 0.497 e. The monoisotopic (exact) mass is 475 g/mol. The number of hydrogen-bond donors (Lipinski definition) is 1. The molecule has 3 rings (SSSR count). The molecule has 0 aliphatic rings. The predicted molar refractivity (Wildman–Crippen MR) is 111 cm³/mol. The van der Waals surface area contributed by atoms with E-state index in [2.05, 4.69) is 38.1 Å². The Morgan fingerprint density at radius 1 is 1.00 bits per heavy atom. The number of ether oxygens (including phenoxy) is 2. The summed E-state index contributed by atoms with van der Waals surface area (Å²) in [5.74, 6) is 1.07. The average Bonchev–Trinajstić information content (AvgIpc) is 2.72. The second-order valence-corrected chi connectivity index (χ2v) is 6.84. The zero-order chi connectivity index (χ0) is 19.1. The molecule has 7 heteroatoms. The first-order valence-electron chi connectivity index (χ1n) is 8.30. The summed E-state index contributed by atoms with van der Waals surface area (Å²) in [6, 6.07) is 18.6. The molecule has 0 atom stereocenters. The van der Waals surface area contributed by atoms with Gasteiger partial charge < -0.3 is 14.8 Å². The van der Waals surface area contributed by atoms with Crippen LogP contribution in [0.3, 0.4) is 0 Å². The number of benzene rings is 2. The van der Waals surface area contributed by atoms with Crippen LogP contribution >= 0.6 is 22.6 Å². The summed E-state index contributed by atoms with van der Waals surface area (Å²) in [4.78, 5) is 12.0. The van der Waals surface area contributed by atoms with Crippen molar-refractivity contribution >= 4 is 28.5 Å². The molecule has 0 aliphatic heterocycles. The van der Waals surface area contributed by atoms with Crippen molar-refractivity contribution in [2.75, 3.05) is 20.3 Å². The van der Waals surface area contributed by atoms with Gasteiger partial charge in [-0.2, -0.15) is 0 Å². The van der Waals surface area contributed by atoms with Crippen molar-refractivity contribution in [2.45, 2.75) is 0 Å². The number of aromatic nitrogens is 2. The van der Waals surface area contributed by atoms with Crippen LogP contribution in [0.4, 0.5) is 0 Å². The molecule has 0 fully saturated rings. The van der Waals surface area contributed by atoms with Crippen molar-refractivity contribution < 1.29 is 14.3 Å². The van der Waals surface area contributed by atoms with Gasteiger partial charge in [0.1, 0.15) is 12.4 Å². The molecule has 1 amide bonds. The summed E-state index contributed by atoms with van der Waals surface area (Å²) in [5, 5.41) is 11.0. The van der Waals surface area contributed by atoms with E-state index in [1.165, 1.54) is 0 Å². The molecule has 1 aromatic heterocycles. The quantitative estimate of drug-likeness (QED) is 0.418. The zero-order valence-electron chi connectivity index (χ0n) is 14.7. The Morgan fingerprint density at radius 3 is 2.37 bits per heavy atom. The van der Waals surface area contributed by atoms with Crippen LogP contribution < -0.4 is 14.8 Å². The number of carbonyl (C=O) groups is 1. The second-order valence-electron chi connectivity index (χ2n) is 5.60. The number of nitrogens with one attached hydrogen (secondary N) is 1. The van der Waals surface area contributed by atoms with Gasteiger partial charge in [0, 0.05) is 20.8 Å². The molecule has 27 heavy (non-hydrogen) atoms. The molecule has 1 N–H and O–H groups in total. The summed E-state index contributed by atoms with van der Waals surface area (Å²) in [6.45, 7) is 0.694. The highest BCUT2D eigenvalue weighted by atomic mass is 127. The number of rotatable bonds is 7. The summed E-state index contributed by atoms with van der Waals surface area (Å²) in [7, 11) is 1.63. The lowest BCUT2D eigenvalue weighted by Crippen LogP contribution is -2.28. The van der Waals surface area contributed by atoms with Crippen molar-refractivity contribution in [1.29, 1.82) is 0 Å². The lowest BCUT2D eigenvalue weighted by atomic mass is 10.1. The molecule has 0 unspecified atom stereocenters. The lowest BCUT2D eigenvalue weighted by Gasteiger charge is -2.07. The highest BCUT2D eigenvalue weighted by molar-refractivity contribution is 14.1. The van der Waals surface area contributed by atoms with Gasteiger partial charge in [-0.25, -0.2) is 0 Å². The third-order valence-electron chi connectivity index (χ3n) is 3.77. The fraction of sp³-hybridized carbons (Fsp3) is 0.150. The first-order valence-corrected chi connectivity index (χ1v) is 9.38. The van der Waals surface area contributed by atoms with Gasteiger partial charge in [0.15, 0.2) is 0 Å². The fourth-order valence-electron chi connectivity index (χ4n) is 2.34. The Morgan fingerprint density at radius 2 is 1.74 bits per heavy atom. The maximum absolute atomic E-state index is 12.0. The molecule has 1 heterocycles. The van der Waals surface area contributed by atoms with Gasteiger partial charge in [0.25, 0.3) is 5.91 Å². The van der Waals surface area contributed by atoms with E-state index in [4.69, 9.17) is 9.47 Å². The van der Waals surface area contributed by atoms with E-state index in [1.807, 2.05) is 42.5 Å². The predicted octanol–water partition coefficient (Wildman–Crippen LogP) is 3.57. The normalized spacial score (nSPS) is 10.3. The summed E-state index contributed by atoms with van der Waals surface area (Å²) in [5.41, 5.74) is 2.32. The number of amides is 1. The molecular weight excluding hydrogens is 457 g/mol. The van der Waals surface area contributed by atoms with Crippen molar-refractivity contribution in [3.63, 3.8) is 0 Å². The van der Waals surface area contributed by atoms with Gasteiger partial charge in [0.2, 0.25) is 5.88 Å². The third-order valence-corrected chi connectivity index (χ3v) is 4.49. The Labute approximate surface area is 171 Å². The lowest BCUT2D eigenvalue weighted by molar-refractivity contribution is 0.0946. The van der Waals surface area contributed by atoms with Crippen LogP contribution in [-0.2, 0) is 0 Å². The van der Waals surface area contributed by atoms with Crippen molar-refractivity contribution in [3.8, 4) is 22.9 Å². The number of carbonyl (C=O) groups excluding carboxylic acids is 1. The topological polar surface area (TPSA) is 73.3 Å². The van der Waals surface area contributed by atoms with E-state index in [-0.39, 0.29) is 5.91 Å². The van der Waals surface area contributed by atoms with Crippen LogP contribution in [0.2, 0.25) is 0 Å². The minimum atomic E-state index is -0.129. The molecule has 0 saturated carbocycles. The third kappa shape index (κ3) is 5.40. The van der Waals surface area contributed by atoms with E-state index in [0.29, 0.717) is 24.6 Å². The van der Waals surface area contributed by atoms with Gasteiger partial charge >= 0.3 is 0 Å². The van der Waals surface area contributed by atoms with Gasteiger partial charge in [-0.3, -0.25) is 4.79 Å². The minimum Gasteiger partial charge on any atom is -0.497 e. The van der Waals surface area contributed by atoms with Gasteiger partial charge in [-0.1, -0.05) is 0 Å². The summed E-state index contributed by atoms with van der Waals surface area (Å²) >= 11 is 2.20. The highest BCUT2D eigenvalue weighted by Gasteiger charge is 2.05. The van der Waals surface area contributed by atoms with Gasteiger partial charge in [-0.15, -0.1) is 10.2 Å². The summed E-state index contributed by atoms with van der Waals surface area (Å²) in [6.07, 6.45) is 0. The molecule has 0 saturated heterocycles. The summed E-state index contributed by atoms with van der Waals surface area (Å²) < 4.78 is 11.8. The van der Waals surface area contributed by atoms with Crippen LogP contribution in [0.5, 0.6) is 11.6 Å². The smallest absolute Gasteiger partial charge is 0.251 e. The maximum Gasteiger partial charge on any atom is 0.251 e. The van der Waals surface area contributed by atoms with Crippen molar-refractivity contribution in [1.82, 2.24) is 15.5 Å². The van der Waals surface area contributed by atoms with Crippen LogP contribution in [0.15, 0.2) is 60.7 Å². The number of halogens is 1. The molecule has 138 valence electrons. The van der Waals surface area contributed by atoms with E-state index < -0.39 is 0 Å². The second kappa shape index (κ2) is 9.31. The molecule has 0 spiro atoms. The maximum atomic E-state index is 12.0. The fourth-order valence-corrected chi connectivity index (χ4v) is 2.70. The first-order chi connectivity index (χ1) is 13.2. The van der Waals surface area contributed by atoms with Gasteiger partial charge in [-0.05, 0) is 77.2 Å². The molecule has 3 aromatic rings. The SMILES string of the molecule is COc1ccc(-c2ccc(OCCNC(=O)c3ccc(I)cc3)nn2)cc1. The zero-order valence-corrected chi connectivity index (χ0v) is 16.8. The molecule has 0 bridgehead atoms. The molecule has 0 aliphatic carbocycles. The standard InChI is InChI=1S/C20H18IN3O3/c1-26-17-8-4-14(5-9-17)18-10-11-19(24-23-18)27-13-12-22-20(25)15-2-6-16(21)7-3-15/h2-11H,12-13H2,1H3,(H,22,25).